The third-order valence-electron chi connectivity index (χ3n) is 5.24. The second-order valence-electron chi connectivity index (χ2n) is 7.65. The van der Waals surface area contributed by atoms with E-state index in [-0.39, 0.29) is 23.0 Å². The molecular weight excluding hydrogens is 468 g/mol. The topological polar surface area (TPSA) is 98.6 Å². The lowest BCUT2D eigenvalue weighted by Crippen LogP contribution is -2.38. The summed E-state index contributed by atoms with van der Waals surface area (Å²) in [6.07, 6.45) is 5.20. The van der Waals surface area contributed by atoms with Crippen molar-refractivity contribution in [3.05, 3.63) is 83.1 Å². The monoisotopic (exact) mass is 488 g/mol. The number of benzene rings is 1. The van der Waals surface area contributed by atoms with Gasteiger partial charge in [0.1, 0.15) is 5.82 Å². The molecule has 8 nitrogen and oxygen atoms in total. The number of alkyl halides is 4. The summed E-state index contributed by atoms with van der Waals surface area (Å²) in [5, 5.41) is 4.33. The molecule has 0 amide bonds. The zero-order valence-corrected chi connectivity index (χ0v) is 18.4. The number of methoxy groups -OCH3 is 1. The van der Waals surface area contributed by atoms with Gasteiger partial charge in [0.2, 0.25) is 0 Å². The van der Waals surface area contributed by atoms with Gasteiger partial charge in [0.25, 0.3) is 5.43 Å². The number of pyridine rings is 1. The molecule has 1 aromatic carbocycles. The smallest absolute Gasteiger partial charge is 0.329 e. The highest BCUT2D eigenvalue weighted by Gasteiger charge is 2.63. The Kier molecular flexibility index (Phi) is 6.29. The highest BCUT2D eigenvalue weighted by molar-refractivity contribution is 6.08. The van der Waals surface area contributed by atoms with E-state index in [9.17, 15) is 22.4 Å². The van der Waals surface area contributed by atoms with Crippen molar-refractivity contribution < 1.29 is 22.3 Å². The van der Waals surface area contributed by atoms with Crippen LogP contribution in [0.1, 0.15) is 5.69 Å². The molecule has 0 radical (unpaired) electrons. The molecule has 35 heavy (non-hydrogen) atoms. The normalized spacial score (nSPS) is 17.2. The van der Waals surface area contributed by atoms with Crippen LogP contribution in [0.2, 0.25) is 0 Å². The molecule has 0 spiro atoms. The summed E-state index contributed by atoms with van der Waals surface area (Å²) >= 11 is 0. The summed E-state index contributed by atoms with van der Waals surface area (Å²) in [5.41, 5.74) is 5.99. The molecule has 0 unspecified atom stereocenters. The molecule has 2 aromatic heterocycles. The summed E-state index contributed by atoms with van der Waals surface area (Å²) in [6, 6.07) is 11.6. The molecular formula is C23H20F4N6O2. The minimum atomic E-state index is -4.15. The van der Waals surface area contributed by atoms with Gasteiger partial charge in [0.05, 0.1) is 49.7 Å². The highest BCUT2D eigenvalue weighted by Crippen LogP contribution is 2.42. The van der Waals surface area contributed by atoms with Gasteiger partial charge in [-0.25, -0.2) is 14.7 Å². The Morgan fingerprint density at radius 1 is 1.11 bits per heavy atom. The molecule has 0 saturated carbocycles. The van der Waals surface area contributed by atoms with E-state index in [1.165, 1.54) is 48.6 Å². The molecule has 182 valence electrons. The molecule has 3 heterocycles. The highest BCUT2D eigenvalue weighted by atomic mass is 19.3. The number of para-hydroxylation sites is 1. The molecule has 4 rings (SSSR count). The average molecular weight is 488 g/mol. The summed E-state index contributed by atoms with van der Waals surface area (Å²) in [7, 11) is 1.31. The first kappa shape index (κ1) is 23.9. The van der Waals surface area contributed by atoms with Crippen molar-refractivity contribution in [2.45, 2.75) is 11.8 Å². The van der Waals surface area contributed by atoms with Crippen LogP contribution in [-0.4, -0.2) is 52.5 Å². The molecule has 1 aliphatic heterocycles. The van der Waals surface area contributed by atoms with Gasteiger partial charge in [-0.15, -0.1) is 0 Å². The van der Waals surface area contributed by atoms with Crippen LogP contribution in [-0.2, 0) is 0 Å². The third kappa shape index (κ3) is 4.72. The van der Waals surface area contributed by atoms with E-state index in [1.807, 2.05) is 6.07 Å². The minimum absolute atomic E-state index is 0.0452. The predicted octanol–water partition coefficient (Wildman–Crippen LogP) is 3.32. The van der Waals surface area contributed by atoms with Crippen LogP contribution in [0.25, 0.3) is 5.69 Å². The van der Waals surface area contributed by atoms with Crippen LogP contribution in [0.4, 0.5) is 29.1 Å². The molecule has 0 aliphatic carbocycles. The molecule has 1 fully saturated rings. The Morgan fingerprint density at radius 2 is 1.80 bits per heavy atom. The van der Waals surface area contributed by atoms with Gasteiger partial charge in [0, 0.05) is 0 Å². The Hall–Kier alpha value is -4.22. The van der Waals surface area contributed by atoms with E-state index in [4.69, 9.17) is 10.5 Å². The van der Waals surface area contributed by atoms with Gasteiger partial charge < -0.3 is 15.4 Å². The Bertz CT molecular complexity index is 1310. The van der Waals surface area contributed by atoms with Crippen molar-refractivity contribution in [2.75, 3.05) is 25.1 Å². The van der Waals surface area contributed by atoms with Gasteiger partial charge in [-0.1, -0.05) is 18.2 Å². The van der Waals surface area contributed by atoms with E-state index in [0.29, 0.717) is 11.4 Å². The van der Waals surface area contributed by atoms with Crippen LogP contribution in [0.15, 0.2) is 76.9 Å². The number of allylic oxidation sites excluding steroid dienone is 1. The van der Waals surface area contributed by atoms with Gasteiger partial charge in [0.15, 0.2) is 11.4 Å². The maximum Gasteiger partial charge on any atom is 0.329 e. The SMILES string of the molecule is COc1cn(-c2ccc(N3CC(F)(F)C(F)(F)C3)nc2)nc(C(C=CN)=Nc2ccccc2)c1=O. The van der Waals surface area contributed by atoms with E-state index < -0.39 is 30.4 Å². The number of hydrogen-bond donors (Lipinski definition) is 1. The zero-order chi connectivity index (χ0) is 25.2. The van der Waals surface area contributed by atoms with Crippen molar-refractivity contribution in [3.8, 4) is 11.4 Å². The number of hydrogen-bond acceptors (Lipinski definition) is 7. The first-order valence-corrected chi connectivity index (χ1v) is 10.3. The predicted molar refractivity (Wildman–Crippen MR) is 122 cm³/mol. The van der Waals surface area contributed by atoms with Gasteiger partial charge in [-0.3, -0.25) is 4.79 Å². The van der Waals surface area contributed by atoms with E-state index >= 15 is 0 Å². The molecule has 12 heteroatoms. The number of ether oxygens (including phenoxy) is 1. The first-order valence-electron chi connectivity index (χ1n) is 10.3. The number of nitrogens with zero attached hydrogens (tertiary/aromatic N) is 5. The second-order valence-corrected chi connectivity index (χ2v) is 7.65. The molecule has 1 aliphatic rings. The second kappa shape index (κ2) is 9.20. The summed E-state index contributed by atoms with van der Waals surface area (Å²) in [4.78, 5) is 22.2. The van der Waals surface area contributed by atoms with Crippen molar-refractivity contribution in [2.24, 2.45) is 10.7 Å². The maximum atomic E-state index is 13.6. The number of aromatic nitrogens is 3. The average Bonchev–Trinajstić information content (AvgIpc) is 3.06. The molecule has 3 aromatic rings. The lowest BCUT2D eigenvalue weighted by molar-refractivity contribution is -0.172. The number of aliphatic imine (C=N–C) groups is 1. The lowest BCUT2D eigenvalue weighted by atomic mass is 10.2. The van der Waals surface area contributed by atoms with E-state index in [0.717, 1.165) is 4.90 Å². The largest absolute Gasteiger partial charge is 0.491 e. The number of anilines is 1. The Morgan fingerprint density at radius 3 is 2.37 bits per heavy atom. The van der Waals surface area contributed by atoms with Crippen LogP contribution >= 0.6 is 0 Å². The standard InChI is InChI=1S/C23H20F4N6O2/c1-35-18-12-33(16-7-8-19(29-11-16)32-13-22(24,25)23(26,27)14-32)31-20(21(18)34)17(9-10-28)30-15-5-3-2-4-6-15/h2-12H,13-14,28H2,1H3. The van der Waals surface area contributed by atoms with Crippen LogP contribution in [0, 0.1) is 0 Å². The Balaban J connectivity index is 1.73. The maximum absolute atomic E-state index is 13.6. The minimum Gasteiger partial charge on any atom is -0.491 e. The van der Waals surface area contributed by atoms with Crippen LogP contribution < -0.4 is 20.8 Å². The molecule has 0 atom stereocenters. The quantitative estimate of drug-likeness (QED) is 0.422. The van der Waals surface area contributed by atoms with Crippen LogP contribution in [0.5, 0.6) is 5.75 Å². The van der Waals surface area contributed by atoms with Crippen molar-refractivity contribution in [1.29, 1.82) is 0 Å². The number of nitrogens with two attached hydrogens (primary N) is 1. The van der Waals surface area contributed by atoms with E-state index in [2.05, 4.69) is 15.1 Å². The van der Waals surface area contributed by atoms with Crippen molar-refractivity contribution in [3.63, 3.8) is 0 Å². The summed E-state index contributed by atoms with van der Waals surface area (Å²) in [6.45, 7) is -2.29. The van der Waals surface area contributed by atoms with Crippen molar-refractivity contribution >= 4 is 17.2 Å². The fourth-order valence-electron chi connectivity index (χ4n) is 3.45. The van der Waals surface area contributed by atoms with E-state index in [1.54, 1.807) is 24.3 Å². The fraction of sp³-hybridized carbons (Fsp3) is 0.217. The zero-order valence-electron chi connectivity index (χ0n) is 18.4. The number of halogens is 4. The molecule has 2 N–H and O–H groups in total. The Labute approximate surface area is 197 Å². The fourth-order valence-corrected chi connectivity index (χ4v) is 3.45. The first-order chi connectivity index (χ1) is 16.6. The summed E-state index contributed by atoms with van der Waals surface area (Å²) in [5.74, 6) is -8.40. The van der Waals surface area contributed by atoms with Crippen molar-refractivity contribution in [1.82, 2.24) is 14.8 Å². The van der Waals surface area contributed by atoms with Gasteiger partial charge in [-0.2, -0.15) is 22.7 Å². The molecule has 0 bridgehead atoms. The van der Waals surface area contributed by atoms with Crippen LogP contribution in [0.3, 0.4) is 0 Å². The van der Waals surface area contributed by atoms with Gasteiger partial charge >= 0.3 is 11.8 Å². The molecule has 1 saturated heterocycles. The number of rotatable bonds is 6. The summed E-state index contributed by atoms with van der Waals surface area (Å²) < 4.78 is 60.7. The lowest BCUT2D eigenvalue weighted by Gasteiger charge is -2.16. The third-order valence-corrected chi connectivity index (χ3v) is 5.24. The van der Waals surface area contributed by atoms with Gasteiger partial charge in [-0.05, 0) is 36.5 Å².